The maximum Gasteiger partial charge on any atom is 0.349 e. The van der Waals surface area contributed by atoms with E-state index in [2.05, 4.69) is 33.3 Å². The topological polar surface area (TPSA) is 92.7 Å². The van der Waals surface area contributed by atoms with Gasteiger partial charge in [0.1, 0.15) is 0 Å². The molecule has 1 saturated carbocycles. The van der Waals surface area contributed by atoms with E-state index in [1.165, 1.54) is 32.1 Å². The van der Waals surface area contributed by atoms with Crippen molar-refractivity contribution in [2.45, 2.75) is 52.5 Å². The average molecular weight is 381 g/mol. The lowest BCUT2D eigenvalue weighted by molar-refractivity contribution is 0.341. The standard InChI is InChI=1S/C21H27N5O2/c1-13-10-16-17(11-14(13)2)26(9-8-22-12-15-6-4-3-5-7-15)19-18(23-16)20(27)25-21(28)24-19/h10-11,15,22H,3-9,12H2,1-2H3,(H,25,27,28). The van der Waals surface area contributed by atoms with Crippen LogP contribution in [-0.4, -0.2) is 32.6 Å². The van der Waals surface area contributed by atoms with Crippen LogP contribution in [0.3, 0.4) is 0 Å². The zero-order valence-electron chi connectivity index (χ0n) is 16.5. The fraction of sp³-hybridized carbons (Fsp3) is 0.524. The normalized spacial score (nSPS) is 15.5. The molecule has 148 valence electrons. The Balaban J connectivity index is 1.68. The number of H-pyrrole nitrogens is 1. The Bertz CT molecular complexity index is 1080. The summed E-state index contributed by atoms with van der Waals surface area (Å²) in [6, 6.07) is 4.05. The highest BCUT2D eigenvalue weighted by atomic mass is 16.2. The van der Waals surface area contributed by atoms with Crippen LogP contribution in [0.5, 0.6) is 0 Å². The molecule has 0 aromatic heterocycles. The van der Waals surface area contributed by atoms with Gasteiger partial charge in [-0.2, -0.15) is 4.98 Å². The van der Waals surface area contributed by atoms with E-state index in [0.29, 0.717) is 12.4 Å². The number of benzene rings is 1. The van der Waals surface area contributed by atoms with Crippen molar-refractivity contribution in [1.82, 2.24) is 24.8 Å². The van der Waals surface area contributed by atoms with Crippen LogP contribution in [-0.2, 0) is 6.54 Å². The van der Waals surface area contributed by atoms with Gasteiger partial charge in [0.25, 0.3) is 5.56 Å². The summed E-state index contributed by atoms with van der Waals surface area (Å²) in [7, 11) is 0. The molecule has 1 aromatic rings. The van der Waals surface area contributed by atoms with E-state index in [1.54, 1.807) is 0 Å². The Morgan fingerprint density at radius 3 is 2.64 bits per heavy atom. The van der Waals surface area contributed by atoms with Gasteiger partial charge in [-0.15, -0.1) is 0 Å². The van der Waals surface area contributed by atoms with Gasteiger partial charge in [0.15, 0.2) is 11.5 Å². The number of aryl methyl sites for hydroxylation is 2. The first-order chi connectivity index (χ1) is 13.5. The maximum atomic E-state index is 12.3. The van der Waals surface area contributed by atoms with E-state index in [0.717, 1.165) is 41.2 Å². The minimum absolute atomic E-state index is 0.211. The third-order valence-corrected chi connectivity index (χ3v) is 5.89. The molecule has 3 aliphatic rings. The smallest absolute Gasteiger partial charge is 0.321 e. The van der Waals surface area contributed by atoms with Crippen molar-refractivity contribution in [3.63, 3.8) is 0 Å². The number of rotatable bonds is 5. The van der Waals surface area contributed by atoms with Crippen LogP contribution >= 0.6 is 0 Å². The molecule has 0 atom stereocenters. The van der Waals surface area contributed by atoms with Crippen molar-refractivity contribution in [2.24, 2.45) is 5.92 Å². The Labute approximate surface area is 163 Å². The lowest BCUT2D eigenvalue weighted by atomic mass is 9.89. The van der Waals surface area contributed by atoms with Crippen molar-refractivity contribution in [2.75, 3.05) is 13.1 Å². The van der Waals surface area contributed by atoms with Crippen molar-refractivity contribution >= 4 is 11.0 Å². The highest BCUT2D eigenvalue weighted by Crippen LogP contribution is 2.24. The predicted octanol–water partition coefficient (Wildman–Crippen LogP) is 2.37. The molecule has 0 bridgehead atoms. The summed E-state index contributed by atoms with van der Waals surface area (Å²) in [6.45, 7) is 6.47. The minimum Gasteiger partial charge on any atom is -0.321 e. The Morgan fingerprint density at radius 1 is 1.11 bits per heavy atom. The summed E-state index contributed by atoms with van der Waals surface area (Å²) in [5.74, 6) is 1.10. The molecule has 4 rings (SSSR count). The monoisotopic (exact) mass is 381 g/mol. The zero-order valence-corrected chi connectivity index (χ0v) is 16.5. The van der Waals surface area contributed by atoms with Crippen LogP contribution in [0.4, 0.5) is 0 Å². The van der Waals surface area contributed by atoms with Gasteiger partial charge < -0.3 is 9.88 Å². The molecule has 0 radical (unpaired) electrons. The van der Waals surface area contributed by atoms with Crippen LogP contribution in [0.15, 0.2) is 21.7 Å². The summed E-state index contributed by atoms with van der Waals surface area (Å²) in [4.78, 5) is 34.9. The van der Waals surface area contributed by atoms with Crippen LogP contribution in [0.1, 0.15) is 43.2 Å². The fourth-order valence-electron chi connectivity index (χ4n) is 4.16. The van der Waals surface area contributed by atoms with Gasteiger partial charge in [0, 0.05) is 13.1 Å². The molecular formula is C21H27N5O2. The fourth-order valence-corrected chi connectivity index (χ4v) is 4.16. The van der Waals surface area contributed by atoms with E-state index in [9.17, 15) is 9.59 Å². The molecule has 1 aromatic carbocycles. The number of hydrogen-bond acceptors (Lipinski definition) is 5. The molecule has 1 fully saturated rings. The molecule has 1 aliphatic carbocycles. The number of hydrogen-bond donors (Lipinski definition) is 2. The van der Waals surface area contributed by atoms with Gasteiger partial charge >= 0.3 is 5.69 Å². The molecule has 2 heterocycles. The number of aromatic amines is 1. The number of aromatic nitrogens is 4. The molecule has 0 spiro atoms. The van der Waals surface area contributed by atoms with Gasteiger partial charge in [-0.05, 0) is 62.4 Å². The van der Waals surface area contributed by atoms with Gasteiger partial charge in [0.05, 0.1) is 11.0 Å². The quantitative estimate of drug-likeness (QED) is 0.523. The Morgan fingerprint density at radius 2 is 1.86 bits per heavy atom. The second kappa shape index (κ2) is 7.83. The molecule has 2 N–H and O–H groups in total. The van der Waals surface area contributed by atoms with Crippen LogP contribution in [0.25, 0.3) is 22.6 Å². The van der Waals surface area contributed by atoms with Crippen molar-refractivity contribution in [1.29, 1.82) is 0 Å². The first-order valence-electron chi connectivity index (χ1n) is 10.2. The van der Waals surface area contributed by atoms with E-state index < -0.39 is 11.2 Å². The van der Waals surface area contributed by atoms with Gasteiger partial charge in [-0.3, -0.25) is 9.78 Å². The van der Waals surface area contributed by atoms with Crippen LogP contribution < -0.4 is 16.6 Å². The van der Waals surface area contributed by atoms with Gasteiger partial charge in [-0.1, -0.05) is 19.3 Å². The lowest BCUT2D eigenvalue weighted by Gasteiger charge is -2.22. The second-order valence-corrected chi connectivity index (χ2v) is 7.94. The van der Waals surface area contributed by atoms with E-state index in [-0.39, 0.29) is 5.69 Å². The summed E-state index contributed by atoms with van der Waals surface area (Å²) in [5, 5.41) is 3.56. The van der Waals surface area contributed by atoms with E-state index >= 15 is 0 Å². The van der Waals surface area contributed by atoms with Gasteiger partial charge in [0.2, 0.25) is 0 Å². The molecule has 7 heteroatoms. The third-order valence-electron chi connectivity index (χ3n) is 5.89. The maximum absolute atomic E-state index is 12.3. The molecule has 7 nitrogen and oxygen atoms in total. The van der Waals surface area contributed by atoms with Crippen molar-refractivity contribution in [3.05, 3.63) is 44.1 Å². The number of nitrogens with one attached hydrogen (secondary N) is 2. The molecule has 28 heavy (non-hydrogen) atoms. The Hall–Kier alpha value is -2.54. The zero-order chi connectivity index (χ0) is 19.7. The summed E-state index contributed by atoms with van der Waals surface area (Å²) in [5.41, 5.74) is 2.99. The molecule has 0 amide bonds. The van der Waals surface area contributed by atoms with Crippen LogP contribution in [0, 0.1) is 19.8 Å². The van der Waals surface area contributed by atoms with E-state index in [4.69, 9.17) is 0 Å². The summed E-state index contributed by atoms with van der Waals surface area (Å²) >= 11 is 0. The average Bonchev–Trinajstić information content (AvgIpc) is 2.67. The first-order valence-corrected chi connectivity index (χ1v) is 10.2. The van der Waals surface area contributed by atoms with Gasteiger partial charge in [-0.25, -0.2) is 9.78 Å². The first kappa shape index (κ1) is 18.8. The molecule has 2 aliphatic heterocycles. The SMILES string of the molecule is Cc1cc2nc3c(=O)[nH]c(=O)nc-3n(CCNCC3CCCCC3)c2cc1C. The summed E-state index contributed by atoms with van der Waals surface area (Å²) in [6.07, 6.45) is 6.63. The number of nitrogens with zero attached hydrogens (tertiary/aromatic N) is 3. The largest absolute Gasteiger partial charge is 0.349 e. The molecular weight excluding hydrogens is 354 g/mol. The molecule has 0 unspecified atom stereocenters. The predicted molar refractivity (Wildman–Crippen MR) is 110 cm³/mol. The highest BCUT2D eigenvalue weighted by molar-refractivity contribution is 5.81. The lowest BCUT2D eigenvalue weighted by Crippen LogP contribution is -2.31. The van der Waals surface area contributed by atoms with Crippen molar-refractivity contribution < 1.29 is 0 Å². The third kappa shape index (κ3) is 3.71. The van der Waals surface area contributed by atoms with Crippen molar-refractivity contribution in [3.8, 4) is 11.5 Å². The van der Waals surface area contributed by atoms with E-state index in [1.807, 2.05) is 17.6 Å². The minimum atomic E-state index is -0.633. The highest BCUT2D eigenvalue weighted by Gasteiger charge is 2.19. The number of fused-ring (bicyclic) bond motifs is 2. The Kier molecular flexibility index (Phi) is 5.26. The van der Waals surface area contributed by atoms with Crippen LogP contribution in [0.2, 0.25) is 0 Å². The second-order valence-electron chi connectivity index (χ2n) is 7.94. The molecule has 0 saturated heterocycles. The summed E-state index contributed by atoms with van der Waals surface area (Å²) < 4.78 is 1.95.